The zero-order valence-corrected chi connectivity index (χ0v) is 17.3. The minimum absolute atomic E-state index is 0.0229. The van der Waals surface area contributed by atoms with E-state index in [0.29, 0.717) is 5.69 Å². The Hall–Kier alpha value is -2.67. The second kappa shape index (κ2) is 7.39. The first-order valence-electron chi connectivity index (χ1n) is 9.14. The predicted octanol–water partition coefficient (Wildman–Crippen LogP) is 3.24. The molecule has 1 heterocycles. The van der Waals surface area contributed by atoms with Gasteiger partial charge in [0.1, 0.15) is 6.04 Å². The highest BCUT2D eigenvalue weighted by Crippen LogP contribution is 2.29. The van der Waals surface area contributed by atoms with Gasteiger partial charge in [-0.25, -0.2) is 12.7 Å². The zero-order valence-electron chi connectivity index (χ0n) is 16.4. The molecule has 0 unspecified atom stereocenters. The average Bonchev–Trinajstić information content (AvgIpc) is 3.02. The number of hydrogen-bond acceptors (Lipinski definition) is 4. The third kappa shape index (κ3) is 3.67. The maximum absolute atomic E-state index is 13.1. The van der Waals surface area contributed by atoms with Crippen molar-refractivity contribution >= 4 is 27.5 Å². The number of benzene rings is 2. The van der Waals surface area contributed by atoms with Crippen molar-refractivity contribution in [3.63, 3.8) is 0 Å². The number of amides is 2. The number of sulfonamides is 1. The lowest BCUT2D eigenvalue weighted by atomic mass is 10.1. The van der Waals surface area contributed by atoms with Crippen LogP contribution in [0.5, 0.6) is 0 Å². The molecule has 7 heteroatoms. The summed E-state index contributed by atoms with van der Waals surface area (Å²) in [5.41, 5.74) is 4.31. The molecule has 2 aromatic carbocycles. The predicted molar refractivity (Wildman–Crippen MR) is 108 cm³/mol. The van der Waals surface area contributed by atoms with E-state index in [1.54, 1.807) is 12.1 Å². The fraction of sp³-hybridized carbons (Fsp3) is 0.333. The van der Waals surface area contributed by atoms with Gasteiger partial charge in [-0.05, 0) is 69.0 Å². The first-order chi connectivity index (χ1) is 13.1. The third-order valence-electron chi connectivity index (χ3n) is 5.14. The monoisotopic (exact) mass is 400 g/mol. The molecule has 0 aliphatic carbocycles. The van der Waals surface area contributed by atoms with Gasteiger partial charge in [0.05, 0.1) is 4.90 Å². The van der Waals surface area contributed by atoms with Crippen molar-refractivity contribution in [3.05, 3.63) is 58.7 Å². The lowest BCUT2D eigenvalue weighted by molar-refractivity contribution is -0.128. The van der Waals surface area contributed by atoms with E-state index in [9.17, 15) is 18.0 Å². The van der Waals surface area contributed by atoms with E-state index in [1.165, 1.54) is 12.1 Å². The van der Waals surface area contributed by atoms with Crippen molar-refractivity contribution < 1.29 is 18.0 Å². The Labute approximate surface area is 165 Å². The maximum atomic E-state index is 13.1. The quantitative estimate of drug-likeness (QED) is 0.854. The van der Waals surface area contributed by atoms with Gasteiger partial charge in [-0.3, -0.25) is 9.59 Å². The zero-order chi connectivity index (χ0) is 20.6. The number of carbonyl (C=O) groups is 2. The van der Waals surface area contributed by atoms with E-state index in [4.69, 9.17) is 0 Å². The van der Waals surface area contributed by atoms with E-state index in [-0.39, 0.29) is 17.7 Å². The first kappa shape index (κ1) is 20.1. The molecule has 1 aliphatic rings. The van der Waals surface area contributed by atoms with Crippen LogP contribution >= 0.6 is 0 Å². The molecule has 1 aliphatic heterocycles. The molecular formula is C21H24N2O4S. The van der Waals surface area contributed by atoms with Crippen molar-refractivity contribution in [1.29, 1.82) is 0 Å². The third-order valence-corrected chi connectivity index (χ3v) is 6.96. The van der Waals surface area contributed by atoms with Crippen molar-refractivity contribution in [3.8, 4) is 0 Å². The van der Waals surface area contributed by atoms with Gasteiger partial charge in [0, 0.05) is 12.1 Å². The number of nitrogens with zero attached hydrogens (tertiary/aromatic N) is 1. The van der Waals surface area contributed by atoms with E-state index in [0.717, 1.165) is 26.6 Å². The van der Waals surface area contributed by atoms with Gasteiger partial charge in [-0.2, -0.15) is 0 Å². The fourth-order valence-electron chi connectivity index (χ4n) is 3.36. The summed E-state index contributed by atoms with van der Waals surface area (Å²) in [6.07, 6.45) is 0.189. The summed E-state index contributed by atoms with van der Waals surface area (Å²) >= 11 is 0. The Kier molecular flexibility index (Phi) is 5.30. The highest BCUT2D eigenvalue weighted by molar-refractivity contribution is 7.89. The van der Waals surface area contributed by atoms with Gasteiger partial charge in [0.15, 0.2) is 0 Å². The second-order valence-electron chi connectivity index (χ2n) is 7.30. The Balaban J connectivity index is 1.92. The standard InChI is InChI=1S/C21H24N2O4S/c1-13-5-8-18(16(4)11-13)22-21(25)19-9-10-20(24)23(19)28(26,27)17-7-6-14(2)15(3)12-17/h5-8,11-12,19H,9-10H2,1-4H3,(H,22,25)/t19-/m0/s1. The minimum Gasteiger partial charge on any atom is -0.324 e. The van der Waals surface area contributed by atoms with E-state index < -0.39 is 27.9 Å². The van der Waals surface area contributed by atoms with Gasteiger partial charge in [-0.15, -0.1) is 0 Å². The molecule has 2 aromatic rings. The summed E-state index contributed by atoms with van der Waals surface area (Å²) < 4.78 is 27.0. The number of carbonyl (C=O) groups excluding carboxylic acids is 2. The molecule has 0 bridgehead atoms. The largest absolute Gasteiger partial charge is 0.324 e. The van der Waals surface area contributed by atoms with Crippen LogP contribution in [0.3, 0.4) is 0 Å². The van der Waals surface area contributed by atoms with Crippen LogP contribution in [0.25, 0.3) is 0 Å². The molecule has 0 saturated carbocycles. The second-order valence-corrected chi connectivity index (χ2v) is 9.12. The number of aryl methyl sites for hydroxylation is 4. The highest BCUT2D eigenvalue weighted by atomic mass is 32.2. The molecule has 0 aromatic heterocycles. The van der Waals surface area contributed by atoms with Crippen molar-refractivity contribution in [2.45, 2.75) is 51.5 Å². The summed E-state index contributed by atoms with van der Waals surface area (Å²) in [5.74, 6) is -1.05. The normalized spacial score (nSPS) is 17.1. The lowest BCUT2D eigenvalue weighted by Gasteiger charge is -2.24. The summed E-state index contributed by atoms with van der Waals surface area (Å²) in [6.45, 7) is 7.51. The van der Waals surface area contributed by atoms with Gasteiger partial charge in [-0.1, -0.05) is 23.8 Å². The molecule has 0 spiro atoms. The number of hydrogen-bond donors (Lipinski definition) is 1. The number of anilines is 1. The molecule has 6 nitrogen and oxygen atoms in total. The Morgan fingerprint density at radius 1 is 1.00 bits per heavy atom. The van der Waals surface area contributed by atoms with Crippen LogP contribution in [0, 0.1) is 27.7 Å². The molecule has 1 N–H and O–H groups in total. The van der Waals surface area contributed by atoms with E-state index in [2.05, 4.69) is 5.32 Å². The van der Waals surface area contributed by atoms with Crippen molar-refractivity contribution in [2.75, 3.05) is 5.32 Å². The Bertz CT molecular complexity index is 1060. The molecule has 2 amide bonds. The molecule has 148 valence electrons. The van der Waals surface area contributed by atoms with Crippen LogP contribution in [-0.4, -0.2) is 30.6 Å². The summed E-state index contributed by atoms with van der Waals surface area (Å²) in [4.78, 5) is 25.3. The molecule has 1 atom stereocenters. The summed E-state index contributed by atoms with van der Waals surface area (Å²) in [6, 6.07) is 9.23. The lowest BCUT2D eigenvalue weighted by Crippen LogP contribution is -2.45. The van der Waals surface area contributed by atoms with Crippen LogP contribution in [-0.2, 0) is 19.6 Å². The van der Waals surface area contributed by atoms with Crippen LogP contribution in [0.15, 0.2) is 41.3 Å². The van der Waals surface area contributed by atoms with Crippen molar-refractivity contribution in [1.82, 2.24) is 4.31 Å². The molecule has 3 rings (SSSR count). The van der Waals surface area contributed by atoms with Gasteiger partial charge >= 0.3 is 0 Å². The minimum atomic E-state index is -4.11. The average molecular weight is 401 g/mol. The van der Waals surface area contributed by atoms with Crippen LogP contribution in [0.4, 0.5) is 5.69 Å². The smallest absolute Gasteiger partial charge is 0.267 e. The number of rotatable bonds is 4. The highest BCUT2D eigenvalue weighted by Gasteiger charge is 2.44. The van der Waals surface area contributed by atoms with Crippen LogP contribution < -0.4 is 5.32 Å². The molecule has 1 saturated heterocycles. The molecule has 1 fully saturated rings. The topological polar surface area (TPSA) is 83.6 Å². The summed E-state index contributed by atoms with van der Waals surface area (Å²) in [7, 11) is -4.11. The van der Waals surface area contributed by atoms with Gasteiger partial charge in [0.2, 0.25) is 11.8 Å². The van der Waals surface area contributed by atoms with E-state index in [1.807, 2.05) is 39.8 Å². The Morgan fingerprint density at radius 3 is 2.36 bits per heavy atom. The van der Waals surface area contributed by atoms with Gasteiger partial charge in [0.25, 0.3) is 10.0 Å². The summed E-state index contributed by atoms with van der Waals surface area (Å²) in [5, 5.41) is 2.78. The molecule has 28 heavy (non-hydrogen) atoms. The molecular weight excluding hydrogens is 376 g/mol. The van der Waals surface area contributed by atoms with Crippen LogP contribution in [0.1, 0.15) is 35.1 Å². The first-order valence-corrected chi connectivity index (χ1v) is 10.6. The maximum Gasteiger partial charge on any atom is 0.267 e. The molecule has 0 radical (unpaired) electrons. The number of nitrogens with one attached hydrogen (secondary N) is 1. The van der Waals surface area contributed by atoms with Crippen LogP contribution in [0.2, 0.25) is 0 Å². The SMILES string of the molecule is Cc1ccc(NC(=O)[C@@H]2CCC(=O)N2S(=O)(=O)c2ccc(C)c(C)c2)c(C)c1. The fourth-order valence-corrected chi connectivity index (χ4v) is 5.05. The van der Waals surface area contributed by atoms with Crippen molar-refractivity contribution in [2.24, 2.45) is 0 Å². The van der Waals surface area contributed by atoms with E-state index >= 15 is 0 Å². The van der Waals surface area contributed by atoms with Gasteiger partial charge < -0.3 is 5.32 Å². The Morgan fingerprint density at radius 2 is 1.71 bits per heavy atom.